The monoisotopic (exact) mass is 362 g/mol. The minimum absolute atomic E-state index is 0.0138. The van der Waals surface area contributed by atoms with E-state index in [1.54, 1.807) is 35.4 Å². The first-order valence-corrected chi connectivity index (χ1v) is 8.94. The van der Waals surface area contributed by atoms with Gasteiger partial charge in [0.05, 0.1) is 24.9 Å². The molecule has 0 radical (unpaired) electrons. The zero-order chi connectivity index (χ0) is 18.5. The van der Waals surface area contributed by atoms with E-state index in [2.05, 4.69) is 15.2 Å². The van der Waals surface area contributed by atoms with Crippen LogP contribution in [0, 0.1) is 11.8 Å². The van der Waals surface area contributed by atoms with Crippen molar-refractivity contribution in [3.63, 3.8) is 0 Å². The Bertz CT molecular complexity index is 1060. The topological polar surface area (TPSA) is 98.2 Å². The smallest absolute Gasteiger partial charge is 0.257 e. The van der Waals surface area contributed by atoms with Crippen molar-refractivity contribution in [2.45, 2.75) is 26.4 Å². The Balaban J connectivity index is 1.50. The summed E-state index contributed by atoms with van der Waals surface area (Å²) in [6.45, 7) is 1.88. The first-order chi connectivity index (χ1) is 13.2. The van der Waals surface area contributed by atoms with E-state index in [-0.39, 0.29) is 18.4 Å². The summed E-state index contributed by atoms with van der Waals surface area (Å²) in [5.74, 6) is 1.50. The van der Waals surface area contributed by atoms with Gasteiger partial charge >= 0.3 is 0 Å². The molecule has 2 aliphatic rings. The fourth-order valence-electron chi connectivity index (χ4n) is 3.57. The maximum absolute atomic E-state index is 12.8. The van der Waals surface area contributed by atoms with Gasteiger partial charge in [0.25, 0.3) is 5.91 Å². The summed E-state index contributed by atoms with van der Waals surface area (Å²) in [4.78, 5) is 21.8. The first-order valence-electron chi connectivity index (χ1n) is 8.94. The number of hydrogen-bond donors (Lipinski definition) is 1. The van der Waals surface area contributed by atoms with Crippen LogP contribution in [0.25, 0.3) is 16.9 Å². The average molecular weight is 362 g/mol. The van der Waals surface area contributed by atoms with Crippen LogP contribution in [0.5, 0.6) is 0 Å². The second-order valence-electron chi connectivity index (χ2n) is 7.06. The lowest BCUT2D eigenvalue weighted by molar-refractivity contribution is 0.0841. The molecule has 0 spiro atoms. The van der Waals surface area contributed by atoms with E-state index in [9.17, 15) is 4.79 Å². The Labute approximate surface area is 155 Å². The molecule has 1 N–H and O–H groups in total. The van der Waals surface area contributed by atoms with E-state index >= 15 is 0 Å². The van der Waals surface area contributed by atoms with E-state index in [4.69, 9.17) is 10.1 Å². The quantitative estimate of drug-likeness (QED) is 0.768. The van der Waals surface area contributed by atoms with E-state index in [0.717, 1.165) is 35.2 Å². The molecule has 0 aromatic carbocycles. The van der Waals surface area contributed by atoms with E-state index in [1.807, 2.05) is 13.1 Å². The lowest BCUT2D eigenvalue weighted by Crippen LogP contribution is -2.32. The van der Waals surface area contributed by atoms with Gasteiger partial charge in [-0.2, -0.15) is 14.9 Å². The van der Waals surface area contributed by atoms with Crippen molar-refractivity contribution >= 4 is 17.4 Å². The Hall–Kier alpha value is -3.13. The van der Waals surface area contributed by atoms with Crippen molar-refractivity contribution in [3.05, 3.63) is 42.5 Å². The third-order valence-electron chi connectivity index (χ3n) is 5.16. The number of aliphatic hydroxyl groups is 1. The molecule has 3 aromatic heterocycles. The second-order valence-corrected chi connectivity index (χ2v) is 7.06. The van der Waals surface area contributed by atoms with Crippen LogP contribution < -0.4 is 0 Å². The first kappa shape index (κ1) is 16.1. The lowest BCUT2D eigenvalue weighted by atomic mass is 9.96. The summed E-state index contributed by atoms with van der Waals surface area (Å²) >= 11 is 0. The largest absolute Gasteiger partial charge is 0.392 e. The number of aromatic nitrogens is 5. The third kappa shape index (κ3) is 2.60. The van der Waals surface area contributed by atoms with E-state index in [1.165, 1.54) is 4.68 Å². The van der Waals surface area contributed by atoms with Crippen LogP contribution in [-0.2, 0) is 6.61 Å². The molecule has 0 bridgehead atoms. The number of nitrogens with zero attached hydrogens (tertiary/aromatic N) is 6. The molecular formula is C19H18N6O2. The predicted molar refractivity (Wildman–Crippen MR) is 98.1 cm³/mol. The molecule has 0 saturated heterocycles. The maximum atomic E-state index is 12.8. The molecule has 27 heavy (non-hydrogen) atoms. The molecule has 1 aliphatic heterocycles. The zero-order valence-corrected chi connectivity index (χ0v) is 14.8. The lowest BCUT2D eigenvalue weighted by Gasteiger charge is -2.20. The van der Waals surface area contributed by atoms with Crippen molar-refractivity contribution in [3.8, 4) is 16.9 Å². The van der Waals surface area contributed by atoms with Gasteiger partial charge in [-0.15, -0.1) is 0 Å². The van der Waals surface area contributed by atoms with Crippen LogP contribution in [0.15, 0.2) is 41.9 Å². The zero-order valence-electron chi connectivity index (χ0n) is 14.8. The van der Waals surface area contributed by atoms with Crippen LogP contribution in [0.3, 0.4) is 0 Å². The fourth-order valence-corrected chi connectivity index (χ4v) is 3.57. The number of aliphatic hydroxyl groups excluding tert-OH is 1. The molecule has 1 unspecified atom stereocenters. The molecule has 1 aliphatic carbocycles. The molecular weight excluding hydrogens is 344 g/mol. The molecule has 8 nitrogen and oxygen atoms in total. The van der Waals surface area contributed by atoms with E-state index in [0.29, 0.717) is 17.6 Å². The molecule has 8 heteroatoms. The van der Waals surface area contributed by atoms with Crippen molar-refractivity contribution in [1.82, 2.24) is 24.5 Å². The van der Waals surface area contributed by atoms with Crippen molar-refractivity contribution in [1.29, 1.82) is 0 Å². The summed E-state index contributed by atoms with van der Waals surface area (Å²) in [6, 6.07) is 3.59. The average Bonchev–Trinajstić information content (AvgIpc) is 3.23. The van der Waals surface area contributed by atoms with Crippen LogP contribution in [0.2, 0.25) is 0 Å². The molecule has 3 aromatic rings. The maximum Gasteiger partial charge on any atom is 0.257 e. The summed E-state index contributed by atoms with van der Waals surface area (Å²) in [5.41, 5.74) is 3.20. The fraction of sp³-hybridized carbons (Fsp3) is 0.316. The molecule has 5 rings (SSSR count). The van der Waals surface area contributed by atoms with Crippen LogP contribution in [0.4, 0.5) is 5.82 Å². The summed E-state index contributed by atoms with van der Waals surface area (Å²) in [6.07, 6.45) is 9.00. The highest BCUT2D eigenvalue weighted by molar-refractivity contribution is 6.09. The van der Waals surface area contributed by atoms with Gasteiger partial charge in [-0.1, -0.05) is 6.07 Å². The number of hydrogen-bond acceptors (Lipinski definition) is 6. The molecule has 1 fully saturated rings. The molecule has 136 valence electrons. The van der Waals surface area contributed by atoms with Crippen molar-refractivity contribution in [2.24, 2.45) is 16.8 Å². The summed E-state index contributed by atoms with van der Waals surface area (Å²) < 4.78 is 3.08. The van der Waals surface area contributed by atoms with Gasteiger partial charge in [0.15, 0.2) is 11.6 Å². The predicted octanol–water partition coefficient (Wildman–Crippen LogP) is 2.40. The van der Waals surface area contributed by atoms with Gasteiger partial charge in [-0.25, -0.2) is 14.7 Å². The minimum Gasteiger partial charge on any atom is -0.392 e. The number of aliphatic imine (C=N–C) groups is 1. The molecule has 1 atom stereocenters. The molecule has 0 amide bonds. The minimum atomic E-state index is -0.137. The Morgan fingerprint density at radius 2 is 2.04 bits per heavy atom. The Morgan fingerprint density at radius 1 is 1.19 bits per heavy atom. The number of carbonyl (C=O) groups is 1. The Kier molecular flexibility index (Phi) is 3.54. The summed E-state index contributed by atoms with van der Waals surface area (Å²) in [7, 11) is 0. The Morgan fingerprint density at radius 3 is 2.74 bits per heavy atom. The third-order valence-corrected chi connectivity index (χ3v) is 5.16. The molecule has 1 saturated carbocycles. The van der Waals surface area contributed by atoms with Gasteiger partial charge in [-0.05, 0) is 37.3 Å². The number of pyridine rings is 1. The van der Waals surface area contributed by atoms with Gasteiger partial charge in [0, 0.05) is 29.2 Å². The SMILES string of the molecule is CC1=Nc2c(-c3cnn(-c4ccc(CO)cn4)c3)cnn2C(=O)C1C1CC1. The highest BCUT2D eigenvalue weighted by Crippen LogP contribution is 2.42. The van der Waals surface area contributed by atoms with Crippen molar-refractivity contribution < 1.29 is 9.90 Å². The number of fused-ring (bicyclic) bond motifs is 1. The van der Waals surface area contributed by atoms with Crippen LogP contribution in [0.1, 0.15) is 30.1 Å². The van der Waals surface area contributed by atoms with Gasteiger partial charge in [-0.3, -0.25) is 4.79 Å². The number of rotatable bonds is 4. The van der Waals surface area contributed by atoms with Gasteiger partial charge in [0.1, 0.15) is 0 Å². The van der Waals surface area contributed by atoms with Crippen molar-refractivity contribution in [2.75, 3.05) is 0 Å². The summed E-state index contributed by atoms with van der Waals surface area (Å²) in [5, 5.41) is 17.8. The van der Waals surface area contributed by atoms with Crippen LogP contribution >= 0.6 is 0 Å². The number of carbonyl (C=O) groups excluding carboxylic acids is 1. The van der Waals surface area contributed by atoms with Gasteiger partial charge in [0.2, 0.25) is 0 Å². The molecule has 4 heterocycles. The highest BCUT2D eigenvalue weighted by atomic mass is 16.3. The van der Waals surface area contributed by atoms with Crippen LogP contribution in [-0.4, -0.2) is 41.3 Å². The standard InChI is InChI=1S/C19H18N6O2/c1-11-17(13-3-4-13)19(27)25-18(23-11)15(8-22-25)14-7-21-24(9-14)16-5-2-12(10-26)6-20-16/h2,5-9,13,17,26H,3-4,10H2,1H3. The normalized spacial score (nSPS) is 19.1. The highest BCUT2D eigenvalue weighted by Gasteiger charge is 2.42. The van der Waals surface area contributed by atoms with E-state index < -0.39 is 0 Å². The van der Waals surface area contributed by atoms with Gasteiger partial charge < -0.3 is 5.11 Å². The second kappa shape index (κ2) is 5.95.